The van der Waals surface area contributed by atoms with Crippen molar-refractivity contribution in [2.45, 2.75) is 6.92 Å². The molecule has 0 bridgehead atoms. The van der Waals surface area contributed by atoms with E-state index in [-0.39, 0.29) is 5.91 Å². The molecule has 0 aliphatic carbocycles. The third-order valence-electron chi connectivity index (χ3n) is 4.48. The monoisotopic (exact) mass is 353 g/mol. The molecule has 0 saturated heterocycles. The Morgan fingerprint density at radius 2 is 1.67 bits per heavy atom. The first-order valence-corrected chi connectivity index (χ1v) is 8.77. The zero-order valence-electron chi connectivity index (χ0n) is 15.0. The van der Waals surface area contributed by atoms with E-state index in [1.165, 1.54) is 0 Å². The first-order valence-electron chi connectivity index (χ1n) is 8.77. The van der Waals surface area contributed by atoms with E-state index < -0.39 is 0 Å². The summed E-state index contributed by atoms with van der Waals surface area (Å²) in [7, 11) is 0. The van der Waals surface area contributed by atoms with E-state index in [4.69, 9.17) is 4.74 Å². The van der Waals surface area contributed by atoms with Gasteiger partial charge < -0.3 is 10.1 Å². The van der Waals surface area contributed by atoms with Crippen molar-refractivity contribution in [1.29, 1.82) is 0 Å². The number of aryl methyl sites for hydroxylation is 1. The van der Waals surface area contributed by atoms with E-state index >= 15 is 0 Å². The summed E-state index contributed by atoms with van der Waals surface area (Å²) in [6, 6.07) is 22.8. The van der Waals surface area contributed by atoms with Crippen LogP contribution in [0.1, 0.15) is 27.0 Å². The molecule has 1 aliphatic heterocycles. The fourth-order valence-electron chi connectivity index (χ4n) is 3.09. The highest BCUT2D eigenvalue weighted by molar-refractivity contribution is 6.06. The number of benzene rings is 3. The lowest BCUT2D eigenvalue weighted by atomic mass is 9.99. The van der Waals surface area contributed by atoms with Gasteiger partial charge in [0.15, 0.2) is 0 Å². The molecule has 0 spiro atoms. The number of fused-ring (bicyclic) bond motifs is 1. The standard InChI is InChI=1S/C24H19NO2/c1-16-12-13-21(25-24(26)18-8-4-3-5-9-18)20(14-16)23-15-17(2)19-10-6-7-11-22(19)27-23/h3-15H,2H2,1H3,(H,25,26). The highest BCUT2D eigenvalue weighted by atomic mass is 16.5. The Morgan fingerprint density at radius 1 is 0.926 bits per heavy atom. The van der Waals surface area contributed by atoms with E-state index in [9.17, 15) is 4.79 Å². The van der Waals surface area contributed by atoms with E-state index in [1.807, 2.05) is 73.7 Å². The summed E-state index contributed by atoms with van der Waals surface area (Å²) >= 11 is 0. The topological polar surface area (TPSA) is 38.3 Å². The zero-order valence-corrected chi connectivity index (χ0v) is 15.0. The number of amides is 1. The Morgan fingerprint density at radius 3 is 2.48 bits per heavy atom. The highest BCUT2D eigenvalue weighted by Crippen LogP contribution is 2.38. The zero-order chi connectivity index (χ0) is 18.8. The van der Waals surface area contributed by atoms with Gasteiger partial charge in [0.1, 0.15) is 11.5 Å². The Bertz CT molecular complexity index is 1060. The SMILES string of the molecule is C=C1C=C(c2cc(C)ccc2NC(=O)c2ccccc2)Oc2ccccc21. The molecule has 3 aromatic rings. The molecule has 0 atom stereocenters. The number of hydrogen-bond donors (Lipinski definition) is 1. The Hall–Kier alpha value is -3.59. The second-order valence-electron chi connectivity index (χ2n) is 6.50. The summed E-state index contributed by atoms with van der Waals surface area (Å²) in [4.78, 5) is 12.6. The van der Waals surface area contributed by atoms with Crippen LogP contribution in [0.15, 0.2) is 85.5 Å². The lowest BCUT2D eigenvalue weighted by molar-refractivity contribution is 0.102. The lowest BCUT2D eigenvalue weighted by Crippen LogP contribution is -2.14. The molecule has 132 valence electrons. The Balaban J connectivity index is 1.71. The molecule has 0 radical (unpaired) electrons. The molecular formula is C24H19NO2. The highest BCUT2D eigenvalue weighted by Gasteiger charge is 2.19. The summed E-state index contributed by atoms with van der Waals surface area (Å²) in [5.41, 5.74) is 5.08. The Kier molecular flexibility index (Phi) is 4.35. The van der Waals surface area contributed by atoms with E-state index in [0.717, 1.165) is 28.0 Å². The van der Waals surface area contributed by atoms with Crippen molar-refractivity contribution in [3.63, 3.8) is 0 Å². The van der Waals surface area contributed by atoms with Crippen LogP contribution < -0.4 is 10.1 Å². The van der Waals surface area contributed by atoms with Gasteiger partial charge in [0.2, 0.25) is 0 Å². The van der Waals surface area contributed by atoms with Gasteiger partial charge in [-0.25, -0.2) is 0 Å². The number of ether oxygens (including phenoxy) is 1. The third kappa shape index (κ3) is 3.40. The van der Waals surface area contributed by atoms with E-state index in [1.54, 1.807) is 12.1 Å². The van der Waals surface area contributed by atoms with Gasteiger partial charge in [-0.05, 0) is 48.9 Å². The van der Waals surface area contributed by atoms with E-state index in [0.29, 0.717) is 17.0 Å². The van der Waals surface area contributed by atoms with Crippen molar-refractivity contribution in [2.75, 3.05) is 5.32 Å². The largest absolute Gasteiger partial charge is 0.456 e. The van der Waals surface area contributed by atoms with Crippen LogP contribution in [0.25, 0.3) is 11.3 Å². The van der Waals surface area contributed by atoms with Gasteiger partial charge in [0.25, 0.3) is 5.91 Å². The number of hydrogen-bond acceptors (Lipinski definition) is 2. The maximum Gasteiger partial charge on any atom is 0.255 e. The smallest absolute Gasteiger partial charge is 0.255 e. The first-order chi connectivity index (χ1) is 13.1. The minimum absolute atomic E-state index is 0.156. The van der Waals surface area contributed by atoms with Crippen molar-refractivity contribution < 1.29 is 9.53 Å². The predicted octanol–water partition coefficient (Wildman–Crippen LogP) is 5.69. The molecule has 4 rings (SSSR count). The van der Waals surface area contributed by atoms with Crippen LogP contribution >= 0.6 is 0 Å². The second kappa shape index (κ2) is 6.96. The van der Waals surface area contributed by atoms with E-state index in [2.05, 4.69) is 11.9 Å². The van der Waals surface area contributed by atoms with Crippen LogP contribution in [0.3, 0.4) is 0 Å². The van der Waals surface area contributed by atoms with Gasteiger partial charge in [-0.3, -0.25) is 4.79 Å². The fourth-order valence-corrected chi connectivity index (χ4v) is 3.09. The molecular weight excluding hydrogens is 334 g/mol. The molecule has 3 nitrogen and oxygen atoms in total. The number of carbonyl (C=O) groups excluding carboxylic acids is 1. The molecule has 0 saturated carbocycles. The summed E-state index contributed by atoms with van der Waals surface area (Å²) in [5.74, 6) is 1.28. The molecule has 0 fully saturated rings. The molecule has 1 amide bonds. The van der Waals surface area contributed by atoms with Crippen molar-refractivity contribution in [3.8, 4) is 5.75 Å². The lowest BCUT2D eigenvalue weighted by Gasteiger charge is -2.22. The normalized spacial score (nSPS) is 12.6. The number of rotatable bonds is 3. The van der Waals surface area contributed by atoms with Crippen LogP contribution in [0, 0.1) is 6.92 Å². The average molecular weight is 353 g/mol. The number of carbonyl (C=O) groups is 1. The molecule has 27 heavy (non-hydrogen) atoms. The van der Waals surface area contributed by atoms with Gasteiger partial charge in [0, 0.05) is 16.7 Å². The molecule has 1 N–H and O–H groups in total. The number of para-hydroxylation sites is 1. The van der Waals surface area contributed by atoms with Gasteiger partial charge in [-0.1, -0.05) is 54.6 Å². The maximum absolute atomic E-state index is 12.6. The fraction of sp³-hybridized carbons (Fsp3) is 0.0417. The van der Waals surface area contributed by atoms with Gasteiger partial charge in [-0.2, -0.15) is 0 Å². The maximum atomic E-state index is 12.6. The van der Waals surface area contributed by atoms with Crippen LogP contribution in [0.2, 0.25) is 0 Å². The Labute approximate surface area is 158 Å². The molecule has 1 aliphatic rings. The third-order valence-corrected chi connectivity index (χ3v) is 4.48. The molecule has 3 aromatic carbocycles. The van der Waals surface area contributed by atoms with Gasteiger partial charge >= 0.3 is 0 Å². The van der Waals surface area contributed by atoms with Crippen LogP contribution in [-0.2, 0) is 0 Å². The quantitative estimate of drug-likeness (QED) is 0.656. The summed E-state index contributed by atoms with van der Waals surface area (Å²) in [6.45, 7) is 6.16. The molecule has 0 unspecified atom stereocenters. The predicted molar refractivity (Wildman–Crippen MR) is 110 cm³/mol. The first kappa shape index (κ1) is 16.9. The van der Waals surface area contributed by atoms with Crippen LogP contribution in [-0.4, -0.2) is 5.91 Å². The number of allylic oxidation sites excluding steroid dienone is 2. The summed E-state index contributed by atoms with van der Waals surface area (Å²) < 4.78 is 6.12. The van der Waals surface area contributed by atoms with Crippen molar-refractivity contribution >= 4 is 22.9 Å². The molecule has 3 heteroatoms. The van der Waals surface area contributed by atoms with Crippen LogP contribution in [0.5, 0.6) is 5.75 Å². The van der Waals surface area contributed by atoms with Gasteiger partial charge in [-0.15, -0.1) is 0 Å². The molecule has 1 heterocycles. The molecule has 0 aromatic heterocycles. The van der Waals surface area contributed by atoms with Crippen molar-refractivity contribution in [3.05, 3.63) is 108 Å². The van der Waals surface area contributed by atoms with Crippen molar-refractivity contribution in [2.24, 2.45) is 0 Å². The minimum Gasteiger partial charge on any atom is -0.456 e. The summed E-state index contributed by atoms with van der Waals surface area (Å²) in [6.07, 6.45) is 1.91. The average Bonchev–Trinajstić information content (AvgIpc) is 2.70. The summed E-state index contributed by atoms with van der Waals surface area (Å²) in [5, 5.41) is 3.00. The van der Waals surface area contributed by atoms with Gasteiger partial charge in [0.05, 0.1) is 5.69 Å². The van der Waals surface area contributed by atoms with Crippen molar-refractivity contribution in [1.82, 2.24) is 0 Å². The number of anilines is 1. The number of nitrogens with one attached hydrogen (secondary N) is 1. The second-order valence-corrected chi connectivity index (χ2v) is 6.50. The van der Waals surface area contributed by atoms with Crippen LogP contribution in [0.4, 0.5) is 5.69 Å². The minimum atomic E-state index is -0.156.